The number of hydrogen-bond donors (Lipinski definition) is 2. The van der Waals surface area contributed by atoms with E-state index < -0.39 is 0 Å². The predicted octanol–water partition coefficient (Wildman–Crippen LogP) is 5.55. The molecule has 2 N–H and O–H groups in total. The fourth-order valence-corrected chi connectivity index (χ4v) is 3.79. The first-order valence-electron chi connectivity index (χ1n) is 11.1. The summed E-state index contributed by atoms with van der Waals surface area (Å²) in [5.74, 6) is 0.272. The second-order valence-corrected chi connectivity index (χ2v) is 8.77. The Bertz CT molecular complexity index is 1240. The number of rotatable bonds is 9. The molecule has 3 aromatic rings. The Labute approximate surface area is 213 Å². The molecule has 0 radical (unpaired) electrons. The third-order valence-corrected chi connectivity index (χ3v) is 5.84. The molecule has 0 saturated carbocycles. The standard InChI is InChI=1S/C27H28BrN3O4/c1-5-34-24-14-20(15-29-31-27(33)21-11-9-17(2)10-12-21)13-22(28)26(24)35-16-25(32)30-23-8-6-7-18(3)19(23)4/h6-15H,5,16H2,1-4H3,(H,30,32)(H,31,33)/b29-15+. The third kappa shape index (κ3) is 7.16. The van der Waals surface area contributed by atoms with Gasteiger partial charge in [0, 0.05) is 11.3 Å². The number of anilines is 1. The van der Waals surface area contributed by atoms with E-state index in [2.05, 4.69) is 31.8 Å². The number of nitrogens with one attached hydrogen (secondary N) is 2. The van der Waals surface area contributed by atoms with E-state index in [1.54, 1.807) is 24.3 Å². The number of nitrogens with zero attached hydrogens (tertiary/aromatic N) is 1. The molecule has 7 nitrogen and oxygen atoms in total. The van der Waals surface area contributed by atoms with Gasteiger partial charge in [0.1, 0.15) is 0 Å². The van der Waals surface area contributed by atoms with Crippen LogP contribution >= 0.6 is 15.9 Å². The van der Waals surface area contributed by atoms with Crippen LogP contribution in [0.15, 0.2) is 64.2 Å². The van der Waals surface area contributed by atoms with Crippen molar-refractivity contribution >= 4 is 39.6 Å². The highest BCUT2D eigenvalue weighted by Gasteiger charge is 2.15. The molecule has 0 atom stereocenters. The van der Waals surface area contributed by atoms with Gasteiger partial charge in [-0.25, -0.2) is 5.43 Å². The fourth-order valence-electron chi connectivity index (χ4n) is 3.21. The van der Waals surface area contributed by atoms with Crippen LogP contribution in [0.1, 0.15) is 39.5 Å². The summed E-state index contributed by atoms with van der Waals surface area (Å²) in [5.41, 5.74) is 7.64. The summed E-state index contributed by atoms with van der Waals surface area (Å²) in [7, 11) is 0. The van der Waals surface area contributed by atoms with E-state index in [4.69, 9.17) is 9.47 Å². The molecule has 0 aliphatic carbocycles. The Morgan fingerprint density at radius 2 is 1.77 bits per heavy atom. The van der Waals surface area contributed by atoms with Crippen molar-refractivity contribution in [2.45, 2.75) is 27.7 Å². The predicted molar refractivity (Wildman–Crippen MR) is 142 cm³/mol. The Morgan fingerprint density at radius 1 is 1.03 bits per heavy atom. The average Bonchev–Trinajstić information content (AvgIpc) is 2.82. The highest BCUT2D eigenvalue weighted by molar-refractivity contribution is 9.10. The van der Waals surface area contributed by atoms with Gasteiger partial charge in [-0.1, -0.05) is 29.8 Å². The van der Waals surface area contributed by atoms with E-state index in [9.17, 15) is 9.59 Å². The quantitative estimate of drug-likeness (QED) is 0.276. The maximum absolute atomic E-state index is 12.5. The minimum absolute atomic E-state index is 0.188. The van der Waals surface area contributed by atoms with E-state index in [-0.39, 0.29) is 18.4 Å². The van der Waals surface area contributed by atoms with Gasteiger partial charge in [-0.3, -0.25) is 9.59 Å². The summed E-state index contributed by atoms with van der Waals surface area (Å²) >= 11 is 3.48. The first kappa shape index (κ1) is 26.0. The SMILES string of the molecule is CCOc1cc(/C=N/NC(=O)c2ccc(C)cc2)cc(Br)c1OCC(=O)Nc1cccc(C)c1C. The lowest BCUT2D eigenvalue weighted by molar-refractivity contribution is -0.118. The van der Waals surface area contributed by atoms with Gasteiger partial charge < -0.3 is 14.8 Å². The van der Waals surface area contributed by atoms with Crippen LogP contribution in [0.4, 0.5) is 5.69 Å². The van der Waals surface area contributed by atoms with Crippen molar-refractivity contribution in [2.75, 3.05) is 18.5 Å². The van der Waals surface area contributed by atoms with Gasteiger partial charge in [-0.15, -0.1) is 0 Å². The molecule has 3 aromatic carbocycles. The molecule has 2 amide bonds. The molecule has 0 aliphatic heterocycles. The Kier molecular flexibility index (Phi) is 9.03. The van der Waals surface area contributed by atoms with Crippen LogP contribution in [0.2, 0.25) is 0 Å². The van der Waals surface area contributed by atoms with Crippen LogP contribution in [-0.2, 0) is 4.79 Å². The molecular formula is C27H28BrN3O4. The number of hydrazone groups is 1. The van der Waals surface area contributed by atoms with Crippen molar-refractivity contribution < 1.29 is 19.1 Å². The lowest BCUT2D eigenvalue weighted by Gasteiger charge is -2.15. The molecule has 0 heterocycles. The topological polar surface area (TPSA) is 89.0 Å². The van der Waals surface area contributed by atoms with Crippen LogP contribution in [0.5, 0.6) is 11.5 Å². The zero-order valence-corrected chi connectivity index (χ0v) is 21.7. The first-order valence-corrected chi connectivity index (χ1v) is 11.9. The smallest absolute Gasteiger partial charge is 0.271 e. The molecule has 8 heteroatoms. The fraction of sp³-hybridized carbons (Fsp3) is 0.222. The van der Waals surface area contributed by atoms with Crippen molar-refractivity contribution in [3.05, 3.63) is 86.9 Å². The monoisotopic (exact) mass is 537 g/mol. The number of halogens is 1. The minimum atomic E-state index is -0.305. The number of hydrogen-bond acceptors (Lipinski definition) is 5. The molecule has 0 unspecified atom stereocenters. The number of benzene rings is 3. The van der Waals surface area contributed by atoms with Crippen LogP contribution < -0.4 is 20.2 Å². The lowest BCUT2D eigenvalue weighted by atomic mass is 10.1. The summed E-state index contributed by atoms with van der Waals surface area (Å²) in [5, 5.41) is 6.92. The summed E-state index contributed by atoms with van der Waals surface area (Å²) in [4.78, 5) is 24.7. The Hall–Kier alpha value is -3.65. The molecule has 0 spiro atoms. The van der Waals surface area contributed by atoms with Gasteiger partial charge in [0.15, 0.2) is 18.1 Å². The van der Waals surface area contributed by atoms with Crippen molar-refractivity contribution in [1.29, 1.82) is 0 Å². The zero-order valence-electron chi connectivity index (χ0n) is 20.1. The van der Waals surface area contributed by atoms with Gasteiger partial charge >= 0.3 is 0 Å². The molecule has 0 fully saturated rings. The Balaban J connectivity index is 1.67. The number of amides is 2. The second-order valence-electron chi connectivity index (χ2n) is 7.91. The van der Waals surface area contributed by atoms with Crippen LogP contribution in [0, 0.1) is 20.8 Å². The van der Waals surface area contributed by atoms with Gasteiger partial charge in [-0.05, 0) is 90.6 Å². The number of carbonyl (C=O) groups is 2. The van der Waals surface area contributed by atoms with Crippen molar-refractivity contribution in [3.8, 4) is 11.5 Å². The molecule has 3 rings (SSSR count). The largest absolute Gasteiger partial charge is 0.490 e. The molecule has 0 aromatic heterocycles. The summed E-state index contributed by atoms with van der Waals surface area (Å²) in [6.07, 6.45) is 1.51. The summed E-state index contributed by atoms with van der Waals surface area (Å²) in [6.45, 7) is 7.98. The number of aryl methyl sites for hydroxylation is 2. The minimum Gasteiger partial charge on any atom is -0.490 e. The summed E-state index contributed by atoms with van der Waals surface area (Å²) in [6, 6.07) is 16.5. The maximum atomic E-state index is 12.5. The van der Waals surface area contributed by atoms with Gasteiger partial charge in [0.2, 0.25) is 0 Å². The van der Waals surface area contributed by atoms with Crippen LogP contribution in [0.25, 0.3) is 0 Å². The van der Waals surface area contributed by atoms with Crippen molar-refractivity contribution in [1.82, 2.24) is 5.43 Å². The van der Waals surface area contributed by atoms with Gasteiger partial charge in [-0.2, -0.15) is 5.10 Å². The third-order valence-electron chi connectivity index (χ3n) is 5.25. The number of ether oxygens (including phenoxy) is 2. The molecule has 182 valence electrons. The van der Waals surface area contributed by atoms with Crippen LogP contribution in [0.3, 0.4) is 0 Å². The van der Waals surface area contributed by atoms with Gasteiger partial charge in [0.25, 0.3) is 11.8 Å². The molecule has 0 aliphatic rings. The highest BCUT2D eigenvalue weighted by atomic mass is 79.9. The second kappa shape index (κ2) is 12.2. The van der Waals surface area contributed by atoms with Crippen LogP contribution in [-0.4, -0.2) is 31.2 Å². The Morgan fingerprint density at radius 3 is 2.49 bits per heavy atom. The highest BCUT2D eigenvalue weighted by Crippen LogP contribution is 2.36. The average molecular weight is 538 g/mol. The van der Waals surface area contributed by atoms with E-state index in [0.29, 0.717) is 33.7 Å². The summed E-state index contributed by atoms with van der Waals surface area (Å²) < 4.78 is 12.1. The first-order chi connectivity index (χ1) is 16.8. The van der Waals surface area contributed by atoms with Gasteiger partial charge in [0.05, 0.1) is 17.3 Å². The number of carbonyl (C=O) groups excluding carboxylic acids is 2. The van der Waals surface area contributed by atoms with E-state index >= 15 is 0 Å². The normalized spacial score (nSPS) is 10.8. The van der Waals surface area contributed by atoms with E-state index in [0.717, 1.165) is 22.4 Å². The van der Waals surface area contributed by atoms with E-state index in [1.807, 2.05) is 58.0 Å². The molecule has 0 saturated heterocycles. The zero-order chi connectivity index (χ0) is 25.4. The maximum Gasteiger partial charge on any atom is 0.271 e. The molecule has 35 heavy (non-hydrogen) atoms. The van der Waals surface area contributed by atoms with Crippen molar-refractivity contribution in [2.24, 2.45) is 5.10 Å². The lowest BCUT2D eigenvalue weighted by Crippen LogP contribution is -2.21. The van der Waals surface area contributed by atoms with E-state index in [1.165, 1.54) is 6.21 Å². The molecular weight excluding hydrogens is 510 g/mol. The molecule has 0 bridgehead atoms. The van der Waals surface area contributed by atoms with Crippen molar-refractivity contribution in [3.63, 3.8) is 0 Å².